The maximum atomic E-state index is 11.5. The monoisotopic (exact) mass is 274 g/mol. The van der Waals surface area contributed by atoms with Crippen molar-refractivity contribution in [1.82, 2.24) is 34.3 Å². The van der Waals surface area contributed by atoms with Gasteiger partial charge in [0.05, 0.1) is 0 Å². The zero-order valence-electron chi connectivity index (χ0n) is 11.2. The molecule has 0 aliphatic rings. The molecule has 104 valence electrons. The summed E-state index contributed by atoms with van der Waals surface area (Å²) in [5.74, 6) is 2.03. The minimum atomic E-state index is -0.283. The van der Waals surface area contributed by atoms with Gasteiger partial charge in [-0.25, -0.2) is 24.3 Å². The van der Waals surface area contributed by atoms with Crippen LogP contribution in [0.25, 0.3) is 5.65 Å². The summed E-state index contributed by atoms with van der Waals surface area (Å²) in [4.78, 5) is 19.9. The first-order chi connectivity index (χ1) is 9.63. The molecule has 0 amide bonds. The van der Waals surface area contributed by atoms with Gasteiger partial charge < -0.3 is 5.32 Å². The van der Waals surface area contributed by atoms with Crippen LogP contribution in [0.15, 0.2) is 17.2 Å². The zero-order valence-corrected chi connectivity index (χ0v) is 11.2. The molecule has 0 unspecified atom stereocenters. The SMILES string of the molecule is Cc1nc(NCCc2ncn(C)n2)cc2n[nH]c(=O)n12. The average molecular weight is 274 g/mol. The van der Waals surface area contributed by atoms with Crippen LogP contribution in [-0.4, -0.2) is 40.9 Å². The second-order valence-corrected chi connectivity index (χ2v) is 4.42. The van der Waals surface area contributed by atoms with E-state index in [1.165, 1.54) is 4.40 Å². The number of fused-ring (bicyclic) bond motifs is 1. The summed E-state index contributed by atoms with van der Waals surface area (Å²) in [7, 11) is 1.83. The van der Waals surface area contributed by atoms with E-state index in [0.717, 1.165) is 5.82 Å². The summed E-state index contributed by atoms with van der Waals surface area (Å²) >= 11 is 0. The van der Waals surface area contributed by atoms with Crippen molar-refractivity contribution in [2.45, 2.75) is 13.3 Å². The number of aryl methyl sites for hydroxylation is 2. The van der Waals surface area contributed by atoms with Crippen LogP contribution in [0, 0.1) is 6.92 Å². The molecule has 0 aliphatic heterocycles. The lowest BCUT2D eigenvalue weighted by atomic mass is 10.4. The lowest BCUT2D eigenvalue weighted by molar-refractivity contribution is 0.741. The zero-order chi connectivity index (χ0) is 14.1. The molecule has 0 radical (unpaired) electrons. The van der Waals surface area contributed by atoms with E-state index in [1.54, 1.807) is 24.0 Å². The molecule has 0 bridgehead atoms. The Kier molecular flexibility index (Phi) is 2.93. The Morgan fingerprint density at radius 3 is 3.05 bits per heavy atom. The van der Waals surface area contributed by atoms with Crippen LogP contribution in [0.1, 0.15) is 11.6 Å². The standard InChI is InChI=1S/C11H14N8O/c1-7-14-9(5-10-15-16-11(20)19(7)10)12-4-3-8-13-6-18(2)17-8/h5-6,12H,3-4H2,1-2H3,(H,16,20). The first-order valence-corrected chi connectivity index (χ1v) is 6.16. The van der Waals surface area contributed by atoms with Crippen LogP contribution in [0.5, 0.6) is 0 Å². The number of anilines is 1. The highest BCUT2D eigenvalue weighted by Crippen LogP contribution is 2.07. The number of H-pyrrole nitrogens is 1. The Hall–Kier alpha value is -2.71. The predicted octanol–water partition coefficient (Wildman–Crippen LogP) is -0.491. The average Bonchev–Trinajstić information content (AvgIpc) is 2.97. The number of hydrogen-bond acceptors (Lipinski definition) is 6. The number of aromatic nitrogens is 7. The fraction of sp³-hybridized carbons (Fsp3) is 0.364. The van der Waals surface area contributed by atoms with E-state index in [-0.39, 0.29) is 5.69 Å². The molecule has 3 aromatic rings. The molecule has 0 fully saturated rings. The van der Waals surface area contributed by atoms with Crippen molar-refractivity contribution < 1.29 is 0 Å². The Bertz CT molecular complexity index is 798. The second kappa shape index (κ2) is 4.76. The summed E-state index contributed by atoms with van der Waals surface area (Å²) in [5, 5.41) is 13.7. The first-order valence-electron chi connectivity index (χ1n) is 6.16. The molecule has 3 aromatic heterocycles. The Labute approximate surface area is 113 Å². The lowest BCUT2D eigenvalue weighted by Crippen LogP contribution is -2.15. The van der Waals surface area contributed by atoms with Gasteiger partial charge in [0.2, 0.25) is 0 Å². The van der Waals surface area contributed by atoms with Gasteiger partial charge in [-0.1, -0.05) is 0 Å². The molecule has 0 aliphatic carbocycles. The van der Waals surface area contributed by atoms with Crippen LogP contribution in [0.2, 0.25) is 0 Å². The van der Waals surface area contributed by atoms with Crippen molar-refractivity contribution >= 4 is 11.5 Å². The van der Waals surface area contributed by atoms with E-state index in [0.29, 0.717) is 30.3 Å². The van der Waals surface area contributed by atoms with Crippen molar-refractivity contribution in [1.29, 1.82) is 0 Å². The lowest BCUT2D eigenvalue weighted by Gasteiger charge is -2.05. The molecule has 0 aromatic carbocycles. The third-order valence-electron chi connectivity index (χ3n) is 2.87. The third-order valence-corrected chi connectivity index (χ3v) is 2.87. The minimum Gasteiger partial charge on any atom is -0.369 e. The van der Waals surface area contributed by atoms with Crippen LogP contribution < -0.4 is 11.0 Å². The number of aromatic amines is 1. The maximum Gasteiger partial charge on any atom is 0.349 e. The van der Waals surface area contributed by atoms with E-state index >= 15 is 0 Å². The Morgan fingerprint density at radius 2 is 2.30 bits per heavy atom. The number of rotatable bonds is 4. The van der Waals surface area contributed by atoms with Gasteiger partial charge in [-0.05, 0) is 6.92 Å². The van der Waals surface area contributed by atoms with Crippen molar-refractivity contribution in [3.8, 4) is 0 Å². The molecular weight excluding hydrogens is 260 g/mol. The smallest absolute Gasteiger partial charge is 0.349 e. The van der Waals surface area contributed by atoms with Crippen molar-refractivity contribution in [3.63, 3.8) is 0 Å². The summed E-state index contributed by atoms with van der Waals surface area (Å²) in [6, 6.07) is 1.72. The van der Waals surface area contributed by atoms with E-state index in [9.17, 15) is 4.79 Å². The van der Waals surface area contributed by atoms with Gasteiger partial charge in [0, 0.05) is 26.1 Å². The molecule has 20 heavy (non-hydrogen) atoms. The molecule has 0 spiro atoms. The molecule has 9 heteroatoms. The van der Waals surface area contributed by atoms with Crippen molar-refractivity contribution in [3.05, 3.63) is 34.5 Å². The highest BCUT2D eigenvalue weighted by atomic mass is 16.1. The summed E-state index contributed by atoms with van der Waals surface area (Å²) in [5.41, 5.74) is 0.259. The number of hydrogen-bond donors (Lipinski definition) is 2. The molecule has 0 saturated carbocycles. The summed E-state index contributed by atoms with van der Waals surface area (Å²) in [6.45, 7) is 2.41. The summed E-state index contributed by atoms with van der Waals surface area (Å²) < 4.78 is 3.09. The highest BCUT2D eigenvalue weighted by Gasteiger charge is 2.06. The van der Waals surface area contributed by atoms with Crippen LogP contribution >= 0.6 is 0 Å². The fourth-order valence-corrected chi connectivity index (χ4v) is 1.99. The molecule has 0 saturated heterocycles. The minimum absolute atomic E-state index is 0.283. The molecule has 0 atom stereocenters. The molecule has 3 heterocycles. The van der Waals surface area contributed by atoms with Crippen LogP contribution in [0.4, 0.5) is 5.82 Å². The van der Waals surface area contributed by atoms with Crippen LogP contribution in [-0.2, 0) is 13.5 Å². The normalized spacial score (nSPS) is 11.1. The molecule has 3 rings (SSSR count). The van der Waals surface area contributed by atoms with Crippen molar-refractivity contribution in [2.24, 2.45) is 7.05 Å². The predicted molar refractivity (Wildman–Crippen MR) is 71.5 cm³/mol. The summed E-state index contributed by atoms with van der Waals surface area (Å²) in [6.07, 6.45) is 2.36. The number of nitrogens with one attached hydrogen (secondary N) is 2. The van der Waals surface area contributed by atoms with E-state index in [1.807, 2.05) is 7.05 Å². The van der Waals surface area contributed by atoms with Gasteiger partial charge in [-0.15, -0.1) is 0 Å². The quantitative estimate of drug-likeness (QED) is 0.665. The van der Waals surface area contributed by atoms with Crippen LogP contribution in [0.3, 0.4) is 0 Å². The molecular formula is C11H14N8O. The van der Waals surface area contributed by atoms with E-state index in [2.05, 4.69) is 30.6 Å². The highest BCUT2D eigenvalue weighted by molar-refractivity contribution is 5.49. The second-order valence-electron chi connectivity index (χ2n) is 4.42. The number of nitrogens with zero attached hydrogens (tertiary/aromatic N) is 6. The third kappa shape index (κ3) is 2.25. The fourth-order valence-electron chi connectivity index (χ4n) is 1.99. The maximum absolute atomic E-state index is 11.5. The van der Waals surface area contributed by atoms with Gasteiger partial charge in [0.15, 0.2) is 11.5 Å². The van der Waals surface area contributed by atoms with E-state index in [4.69, 9.17) is 0 Å². The Morgan fingerprint density at radius 1 is 1.45 bits per heavy atom. The van der Waals surface area contributed by atoms with Gasteiger partial charge in [-0.3, -0.25) is 4.68 Å². The Balaban J connectivity index is 1.73. The van der Waals surface area contributed by atoms with E-state index < -0.39 is 0 Å². The topological polar surface area (TPSA) is 106 Å². The van der Waals surface area contributed by atoms with Crippen molar-refractivity contribution in [2.75, 3.05) is 11.9 Å². The van der Waals surface area contributed by atoms with Gasteiger partial charge in [-0.2, -0.15) is 10.2 Å². The molecule has 2 N–H and O–H groups in total. The first kappa shape index (κ1) is 12.3. The molecule has 9 nitrogen and oxygen atoms in total. The largest absolute Gasteiger partial charge is 0.369 e. The van der Waals surface area contributed by atoms with Gasteiger partial charge in [0.1, 0.15) is 18.0 Å². The van der Waals surface area contributed by atoms with Gasteiger partial charge in [0.25, 0.3) is 0 Å². The van der Waals surface area contributed by atoms with Gasteiger partial charge >= 0.3 is 5.69 Å².